The first kappa shape index (κ1) is 12.5. The minimum Gasteiger partial charge on any atom is -0.377 e. The lowest BCUT2D eigenvalue weighted by molar-refractivity contribution is 0.309. The smallest absolute Gasteiger partial charge is 0.0526 e. The van der Waals surface area contributed by atoms with Gasteiger partial charge in [-0.05, 0) is 71.6 Å². The Balaban J connectivity index is 1.87. The van der Waals surface area contributed by atoms with Gasteiger partial charge in [-0.15, -0.1) is 0 Å². The Labute approximate surface area is 117 Å². The molecule has 0 saturated heterocycles. The molecule has 0 aliphatic heterocycles. The van der Waals surface area contributed by atoms with Gasteiger partial charge >= 0.3 is 0 Å². The van der Waals surface area contributed by atoms with Crippen LogP contribution >= 0.6 is 15.9 Å². The number of fused-ring (bicyclic) bond motifs is 1. The molecule has 3 unspecified atom stereocenters. The lowest BCUT2D eigenvalue weighted by atomic mass is 9.81. The molecule has 2 aliphatic carbocycles. The fourth-order valence-electron chi connectivity index (χ4n) is 3.57. The summed E-state index contributed by atoms with van der Waals surface area (Å²) in [5, 5.41) is 3.77. The van der Waals surface area contributed by atoms with Crippen molar-refractivity contribution in [3.8, 4) is 0 Å². The van der Waals surface area contributed by atoms with Crippen molar-refractivity contribution in [2.24, 2.45) is 17.6 Å². The minimum absolute atomic E-state index is 0.138. The molecule has 0 aromatic heterocycles. The van der Waals surface area contributed by atoms with E-state index >= 15 is 0 Å². The molecular weight excluding hydrogens is 288 g/mol. The predicted octanol–water partition coefficient (Wildman–Crippen LogP) is 3.69. The first-order valence-corrected chi connectivity index (χ1v) is 7.68. The summed E-state index contributed by atoms with van der Waals surface area (Å²) in [6, 6.07) is 6.47. The number of nitrogens with two attached hydrogens (primary N) is 1. The molecule has 1 aromatic carbocycles. The highest BCUT2D eigenvalue weighted by Crippen LogP contribution is 2.55. The Hall–Kier alpha value is -0.540. The monoisotopic (exact) mass is 308 g/mol. The number of hydrogen-bond donors (Lipinski definition) is 2. The number of halogens is 1. The molecular formula is C15H21BrN2. The fraction of sp³-hybridized carbons (Fsp3) is 0.600. The van der Waals surface area contributed by atoms with Crippen molar-refractivity contribution >= 4 is 21.6 Å². The number of anilines is 1. The maximum Gasteiger partial charge on any atom is 0.0526 e. The zero-order valence-corrected chi connectivity index (χ0v) is 12.5. The lowest BCUT2D eigenvalue weighted by Crippen LogP contribution is -2.49. The van der Waals surface area contributed by atoms with Gasteiger partial charge in [0.05, 0.1) is 5.54 Å². The van der Waals surface area contributed by atoms with E-state index in [-0.39, 0.29) is 5.54 Å². The Kier molecular flexibility index (Phi) is 3.15. The summed E-state index contributed by atoms with van der Waals surface area (Å²) in [6.45, 7) is 2.88. The Bertz CT molecular complexity index is 460. The molecule has 1 aromatic rings. The topological polar surface area (TPSA) is 38.0 Å². The van der Waals surface area contributed by atoms with Crippen molar-refractivity contribution < 1.29 is 0 Å². The zero-order chi connectivity index (χ0) is 12.8. The Morgan fingerprint density at radius 1 is 1.50 bits per heavy atom. The van der Waals surface area contributed by atoms with E-state index in [2.05, 4.69) is 46.4 Å². The van der Waals surface area contributed by atoms with E-state index in [1.54, 1.807) is 0 Å². The molecule has 0 spiro atoms. The second-order valence-electron chi connectivity index (χ2n) is 5.96. The third-order valence-corrected chi connectivity index (χ3v) is 5.39. The van der Waals surface area contributed by atoms with Crippen LogP contribution in [0.4, 0.5) is 5.69 Å². The van der Waals surface area contributed by atoms with Crippen LogP contribution in [0.25, 0.3) is 0 Å². The van der Waals surface area contributed by atoms with Gasteiger partial charge in [-0.3, -0.25) is 0 Å². The summed E-state index contributed by atoms with van der Waals surface area (Å²) in [7, 11) is 0. The van der Waals surface area contributed by atoms with Gasteiger partial charge in [-0.1, -0.05) is 12.5 Å². The maximum atomic E-state index is 6.11. The molecule has 3 atom stereocenters. The number of nitrogens with one attached hydrogen (secondary N) is 1. The van der Waals surface area contributed by atoms with Crippen LogP contribution < -0.4 is 11.1 Å². The highest BCUT2D eigenvalue weighted by Gasteiger charge is 2.54. The third-order valence-electron chi connectivity index (χ3n) is 4.70. The summed E-state index contributed by atoms with van der Waals surface area (Å²) in [5.74, 6) is 1.72. The minimum atomic E-state index is 0.138. The summed E-state index contributed by atoms with van der Waals surface area (Å²) in [6.07, 6.45) is 5.30. The maximum absolute atomic E-state index is 6.11. The van der Waals surface area contributed by atoms with Crippen molar-refractivity contribution in [2.45, 2.75) is 38.1 Å². The molecule has 3 N–H and O–H groups in total. The van der Waals surface area contributed by atoms with Gasteiger partial charge in [0.1, 0.15) is 0 Å². The number of hydrogen-bond acceptors (Lipinski definition) is 2. The Morgan fingerprint density at radius 3 is 3.11 bits per heavy atom. The van der Waals surface area contributed by atoms with Crippen molar-refractivity contribution in [1.82, 2.24) is 0 Å². The normalized spacial score (nSPS) is 33.9. The van der Waals surface area contributed by atoms with E-state index in [4.69, 9.17) is 5.73 Å². The van der Waals surface area contributed by atoms with Crippen LogP contribution in [0.15, 0.2) is 22.7 Å². The second kappa shape index (κ2) is 4.53. The fourth-order valence-corrected chi connectivity index (χ4v) is 3.92. The zero-order valence-electron chi connectivity index (χ0n) is 10.9. The standard InChI is InChI=1S/C15H21BrN2/c1-10-4-5-13(16)14(7-10)18-15(9-17)6-2-3-11-8-12(11)15/h4-5,7,11-12,18H,2-3,6,8-9,17H2,1H3. The summed E-state index contributed by atoms with van der Waals surface area (Å²) in [5.41, 5.74) is 8.74. The largest absolute Gasteiger partial charge is 0.377 e. The molecule has 3 rings (SSSR count). The molecule has 98 valence electrons. The lowest BCUT2D eigenvalue weighted by Gasteiger charge is -2.38. The van der Waals surface area contributed by atoms with Crippen molar-refractivity contribution in [1.29, 1.82) is 0 Å². The average Bonchev–Trinajstić information content (AvgIpc) is 3.14. The van der Waals surface area contributed by atoms with Crippen LogP contribution in [-0.2, 0) is 0 Å². The highest BCUT2D eigenvalue weighted by molar-refractivity contribution is 9.10. The van der Waals surface area contributed by atoms with Crippen LogP contribution in [0.3, 0.4) is 0 Å². The number of aryl methyl sites for hydroxylation is 1. The molecule has 0 bridgehead atoms. The molecule has 18 heavy (non-hydrogen) atoms. The average molecular weight is 309 g/mol. The van der Waals surface area contributed by atoms with Crippen molar-refractivity contribution in [3.63, 3.8) is 0 Å². The van der Waals surface area contributed by atoms with Crippen LogP contribution in [-0.4, -0.2) is 12.1 Å². The molecule has 0 amide bonds. The summed E-state index contributed by atoms with van der Waals surface area (Å²) in [4.78, 5) is 0. The SMILES string of the molecule is Cc1ccc(Br)c(NC2(CN)CCCC3CC32)c1. The van der Waals surface area contributed by atoms with E-state index in [0.29, 0.717) is 0 Å². The van der Waals surface area contributed by atoms with E-state index in [1.165, 1.54) is 36.9 Å². The van der Waals surface area contributed by atoms with E-state index in [1.807, 2.05) is 0 Å². The van der Waals surface area contributed by atoms with Gasteiger partial charge in [-0.2, -0.15) is 0 Å². The van der Waals surface area contributed by atoms with E-state index < -0.39 is 0 Å². The van der Waals surface area contributed by atoms with Gasteiger partial charge in [0.2, 0.25) is 0 Å². The van der Waals surface area contributed by atoms with E-state index in [9.17, 15) is 0 Å². The summed E-state index contributed by atoms with van der Waals surface area (Å²) < 4.78 is 1.14. The number of rotatable bonds is 3. The number of benzene rings is 1. The van der Waals surface area contributed by atoms with Crippen LogP contribution in [0.1, 0.15) is 31.2 Å². The molecule has 0 radical (unpaired) electrons. The van der Waals surface area contributed by atoms with Gasteiger partial charge in [0.25, 0.3) is 0 Å². The quantitative estimate of drug-likeness (QED) is 0.894. The molecule has 2 fully saturated rings. The first-order chi connectivity index (χ1) is 8.64. The summed E-state index contributed by atoms with van der Waals surface area (Å²) >= 11 is 3.64. The van der Waals surface area contributed by atoms with Crippen LogP contribution in [0.5, 0.6) is 0 Å². The van der Waals surface area contributed by atoms with Gasteiger partial charge < -0.3 is 11.1 Å². The highest BCUT2D eigenvalue weighted by atomic mass is 79.9. The Morgan fingerprint density at radius 2 is 2.33 bits per heavy atom. The van der Waals surface area contributed by atoms with Gasteiger partial charge in [0.15, 0.2) is 0 Å². The molecule has 2 saturated carbocycles. The van der Waals surface area contributed by atoms with E-state index in [0.717, 1.165) is 22.9 Å². The third kappa shape index (κ3) is 2.08. The van der Waals surface area contributed by atoms with Crippen LogP contribution in [0, 0.1) is 18.8 Å². The second-order valence-corrected chi connectivity index (χ2v) is 6.82. The molecule has 0 heterocycles. The van der Waals surface area contributed by atoms with Crippen LogP contribution in [0.2, 0.25) is 0 Å². The molecule has 2 nitrogen and oxygen atoms in total. The van der Waals surface area contributed by atoms with Crippen molar-refractivity contribution in [2.75, 3.05) is 11.9 Å². The predicted molar refractivity (Wildman–Crippen MR) is 79.7 cm³/mol. The first-order valence-electron chi connectivity index (χ1n) is 6.89. The van der Waals surface area contributed by atoms with Gasteiger partial charge in [-0.25, -0.2) is 0 Å². The van der Waals surface area contributed by atoms with Crippen molar-refractivity contribution in [3.05, 3.63) is 28.2 Å². The molecule has 3 heteroatoms. The van der Waals surface area contributed by atoms with Gasteiger partial charge in [0, 0.05) is 16.7 Å². The molecule has 2 aliphatic rings.